The zero-order chi connectivity index (χ0) is 18.4. The fourth-order valence-electron chi connectivity index (χ4n) is 1.96. The molecule has 0 aromatic carbocycles. The van der Waals surface area contributed by atoms with Gasteiger partial charge in [-0.3, -0.25) is 9.36 Å². The van der Waals surface area contributed by atoms with Gasteiger partial charge in [-0.2, -0.15) is 4.31 Å². The fraction of sp³-hybridized carbons (Fsp3) is 0.429. The maximum atomic E-state index is 11.7. The highest BCUT2D eigenvalue weighted by Gasteiger charge is 2.14. The number of hydrogen-bond acceptors (Lipinski definition) is 7. The summed E-state index contributed by atoms with van der Waals surface area (Å²) in [4.78, 5) is 24.1. The number of aryl methyl sites for hydroxylation is 1. The minimum absolute atomic E-state index is 0.212. The number of hydrogen-bond donors (Lipinski definition) is 2. The van der Waals surface area contributed by atoms with Crippen molar-refractivity contribution in [1.82, 2.24) is 29.1 Å². The van der Waals surface area contributed by atoms with E-state index < -0.39 is 10.0 Å². The van der Waals surface area contributed by atoms with E-state index in [1.807, 2.05) is 11.5 Å². The predicted octanol–water partition coefficient (Wildman–Crippen LogP) is -0.610. The van der Waals surface area contributed by atoms with Crippen molar-refractivity contribution in [2.75, 3.05) is 38.3 Å². The number of imidazole rings is 1. The molecule has 0 saturated heterocycles. The van der Waals surface area contributed by atoms with Gasteiger partial charge < -0.3 is 10.6 Å². The molecular formula is C14H21N7O3S. The lowest BCUT2D eigenvalue weighted by Crippen LogP contribution is -2.39. The third-order valence-electron chi connectivity index (χ3n) is 3.41. The van der Waals surface area contributed by atoms with E-state index in [9.17, 15) is 13.2 Å². The highest BCUT2D eigenvalue weighted by Crippen LogP contribution is 2.10. The summed E-state index contributed by atoms with van der Waals surface area (Å²) in [5, 5.41) is 5.71. The van der Waals surface area contributed by atoms with Crippen LogP contribution in [0, 0.1) is 6.92 Å². The second-order valence-corrected chi connectivity index (χ2v) is 7.49. The molecule has 0 radical (unpaired) electrons. The van der Waals surface area contributed by atoms with Crippen LogP contribution in [0.25, 0.3) is 5.82 Å². The van der Waals surface area contributed by atoms with Gasteiger partial charge in [-0.15, -0.1) is 0 Å². The summed E-state index contributed by atoms with van der Waals surface area (Å²) >= 11 is 0. The molecule has 0 bridgehead atoms. The van der Waals surface area contributed by atoms with Crippen molar-refractivity contribution in [3.05, 3.63) is 30.6 Å². The van der Waals surface area contributed by atoms with E-state index in [-0.39, 0.29) is 12.5 Å². The molecule has 0 saturated carbocycles. The molecule has 136 valence electrons. The SMILES string of the molecule is Cc1nccn1-c1cc(NCCNC(=O)CN(C)S(C)(=O)=O)ncn1. The van der Waals surface area contributed by atoms with E-state index in [0.717, 1.165) is 16.4 Å². The zero-order valence-electron chi connectivity index (χ0n) is 14.3. The van der Waals surface area contributed by atoms with Crippen LogP contribution in [0.2, 0.25) is 0 Å². The van der Waals surface area contributed by atoms with Crippen molar-refractivity contribution in [3.63, 3.8) is 0 Å². The summed E-state index contributed by atoms with van der Waals surface area (Å²) in [6.45, 7) is 2.43. The summed E-state index contributed by atoms with van der Waals surface area (Å²) in [5.74, 6) is 1.74. The van der Waals surface area contributed by atoms with Crippen LogP contribution in [0.15, 0.2) is 24.8 Å². The molecule has 11 heteroatoms. The molecule has 25 heavy (non-hydrogen) atoms. The molecule has 2 heterocycles. The van der Waals surface area contributed by atoms with E-state index in [1.54, 1.807) is 18.5 Å². The van der Waals surface area contributed by atoms with Gasteiger partial charge in [0, 0.05) is 38.6 Å². The molecule has 2 aromatic heterocycles. The minimum Gasteiger partial charge on any atom is -0.368 e. The quantitative estimate of drug-likeness (QED) is 0.597. The van der Waals surface area contributed by atoms with Crippen LogP contribution in [0.3, 0.4) is 0 Å². The van der Waals surface area contributed by atoms with Gasteiger partial charge in [0.05, 0.1) is 12.8 Å². The fourth-order valence-corrected chi connectivity index (χ4v) is 2.32. The molecule has 1 amide bonds. The van der Waals surface area contributed by atoms with Gasteiger partial charge >= 0.3 is 0 Å². The maximum absolute atomic E-state index is 11.7. The molecular weight excluding hydrogens is 346 g/mol. The molecule has 2 rings (SSSR count). The van der Waals surface area contributed by atoms with Gasteiger partial charge in [-0.25, -0.2) is 23.4 Å². The molecule has 2 aromatic rings. The topological polar surface area (TPSA) is 122 Å². The number of carbonyl (C=O) groups is 1. The summed E-state index contributed by atoms with van der Waals surface area (Å²) in [6, 6.07) is 1.77. The zero-order valence-corrected chi connectivity index (χ0v) is 15.1. The predicted molar refractivity (Wildman–Crippen MR) is 92.9 cm³/mol. The largest absolute Gasteiger partial charge is 0.368 e. The molecule has 0 atom stereocenters. The Morgan fingerprint density at radius 1 is 1.28 bits per heavy atom. The van der Waals surface area contributed by atoms with E-state index in [4.69, 9.17) is 0 Å². The Hall–Kier alpha value is -2.53. The first-order valence-electron chi connectivity index (χ1n) is 7.51. The van der Waals surface area contributed by atoms with Crippen LogP contribution < -0.4 is 10.6 Å². The van der Waals surface area contributed by atoms with E-state index in [2.05, 4.69) is 25.6 Å². The van der Waals surface area contributed by atoms with Crippen molar-refractivity contribution < 1.29 is 13.2 Å². The molecule has 2 N–H and O–H groups in total. The highest BCUT2D eigenvalue weighted by atomic mass is 32.2. The number of sulfonamides is 1. The third kappa shape index (κ3) is 5.50. The molecule has 0 fully saturated rings. The van der Waals surface area contributed by atoms with Gasteiger partial charge in [-0.05, 0) is 6.92 Å². The maximum Gasteiger partial charge on any atom is 0.235 e. The number of amides is 1. The number of rotatable bonds is 8. The van der Waals surface area contributed by atoms with Crippen molar-refractivity contribution in [2.45, 2.75) is 6.92 Å². The van der Waals surface area contributed by atoms with E-state index in [0.29, 0.717) is 24.7 Å². The lowest BCUT2D eigenvalue weighted by atomic mass is 10.4. The Kier molecular flexibility index (Phi) is 6.04. The van der Waals surface area contributed by atoms with Gasteiger partial charge in [0.25, 0.3) is 0 Å². The minimum atomic E-state index is -3.37. The Balaban J connectivity index is 1.81. The van der Waals surface area contributed by atoms with Crippen molar-refractivity contribution in [2.24, 2.45) is 0 Å². The van der Waals surface area contributed by atoms with Crippen molar-refractivity contribution in [3.8, 4) is 5.82 Å². The van der Waals surface area contributed by atoms with Crippen LogP contribution in [0.5, 0.6) is 0 Å². The molecule has 10 nitrogen and oxygen atoms in total. The number of nitrogens with one attached hydrogen (secondary N) is 2. The Labute approximate surface area is 146 Å². The Bertz CT molecular complexity index is 834. The van der Waals surface area contributed by atoms with Gasteiger partial charge in [-0.1, -0.05) is 0 Å². The highest BCUT2D eigenvalue weighted by molar-refractivity contribution is 7.88. The summed E-state index contributed by atoms with van der Waals surface area (Å²) in [7, 11) is -2.01. The summed E-state index contributed by atoms with van der Waals surface area (Å²) in [5.41, 5.74) is 0. The lowest BCUT2D eigenvalue weighted by molar-refractivity contribution is -0.121. The smallest absolute Gasteiger partial charge is 0.235 e. The van der Waals surface area contributed by atoms with Gasteiger partial charge in [0.1, 0.15) is 23.8 Å². The first kappa shape index (κ1) is 18.8. The average Bonchev–Trinajstić information content (AvgIpc) is 2.97. The van der Waals surface area contributed by atoms with E-state index in [1.165, 1.54) is 13.4 Å². The molecule has 0 aliphatic rings. The van der Waals surface area contributed by atoms with E-state index >= 15 is 0 Å². The standard InChI is InChI=1S/C14H21N7O3S/c1-11-15-6-7-21(11)13-8-12(18-10-19-13)16-4-5-17-14(22)9-20(2)25(3,23)24/h6-8,10H,4-5,9H2,1-3H3,(H,17,22)(H,16,18,19). The van der Waals surface area contributed by atoms with Crippen LogP contribution in [-0.2, 0) is 14.8 Å². The second-order valence-electron chi connectivity index (χ2n) is 5.40. The van der Waals surface area contributed by atoms with Crippen LogP contribution in [0.1, 0.15) is 5.82 Å². The Morgan fingerprint density at radius 3 is 2.68 bits per heavy atom. The van der Waals surface area contributed by atoms with Crippen molar-refractivity contribution in [1.29, 1.82) is 0 Å². The molecule has 0 spiro atoms. The monoisotopic (exact) mass is 367 g/mol. The molecule has 0 aliphatic heterocycles. The lowest BCUT2D eigenvalue weighted by Gasteiger charge is -2.14. The van der Waals surface area contributed by atoms with Gasteiger partial charge in [0.2, 0.25) is 15.9 Å². The number of aromatic nitrogens is 4. The number of nitrogens with zero attached hydrogens (tertiary/aromatic N) is 5. The Morgan fingerprint density at radius 2 is 2.04 bits per heavy atom. The average molecular weight is 367 g/mol. The molecule has 0 aliphatic carbocycles. The van der Waals surface area contributed by atoms with Crippen molar-refractivity contribution >= 4 is 21.7 Å². The molecule has 0 unspecified atom stereocenters. The normalized spacial score (nSPS) is 11.5. The van der Waals surface area contributed by atoms with Crippen LogP contribution >= 0.6 is 0 Å². The summed E-state index contributed by atoms with van der Waals surface area (Å²) < 4.78 is 25.3. The second kappa shape index (κ2) is 8.03. The number of anilines is 1. The van der Waals surface area contributed by atoms with Crippen LogP contribution in [0.4, 0.5) is 5.82 Å². The first-order valence-corrected chi connectivity index (χ1v) is 9.36. The number of likely N-dealkylation sites (N-methyl/N-ethyl adjacent to an activating group) is 1. The van der Waals surface area contributed by atoms with Gasteiger partial charge in [0.15, 0.2) is 0 Å². The van der Waals surface area contributed by atoms with Crippen LogP contribution in [-0.4, -0.2) is 71.1 Å². The summed E-state index contributed by atoms with van der Waals surface area (Å²) in [6.07, 6.45) is 5.99. The third-order valence-corrected chi connectivity index (χ3v) is 4.67. The first-order chi connectivity index (χ1) is 11.8. The number of carbonyl (C=O) groups excluding carboxylic acids is 1.